The lowest BCUT2D eigenvalue weighted by atomic mass is 10.1. The molecule has 0 atom stereocenters. The van der Waals surface area contributed by atoms with Crippen LogP contribution in [0.25, 0.3) is 11.3 Å². The molecule has 1 aromatic heterocycles. The molecule has 1 heterocycles. The van der Waals surface area contributed by atoms with Crippen molar-refractivity contribution in [1.29, 1.82) is 0 Å². The molecule has 0 aliphatic carbocycles. The van der Waals surface area contributed by atoms with E-state index in [1.807, 2.05) is 31.2 Å². The normalized spacial score (nSPS) is 10.4. The summed E-state index contributed by atoms with van der Waals surface area (Å²) in [6, 6.07) is 8.05. The topological polar surface area (TPSA) is 34.2 Å². The lowest BCUT2D eigenvalue weighted by Gasteiger charge is -2.07. The van der Waals surface area contributed by atoms with Crippen molar-refractivity contribution < 1.29 is 4.74 Å². The van der Waals surface area contributed by atoms with E-state index < -0.39 is 0 Å². The Labute approximate surface area is 124 Å². The van der Waals surface area contributed by atoms with E-state index in [0.29, 0.717) is 6.61 Å². The van der Waals surface area contributed by atoms with Crippen molar-refractivity contribution in [2.75, 3.05) is 19.7 Å². The zero-order chi connectivity index (χ0) is 14.2. The molecule has 0 saturated carbocycles. The van der Waals surface area contributed by atoms with Crippen LogP contribution in [0.15, 0.2) is 42.3 Å². The lowest BCUT2D eigenvalue weighted by molar-refractivity contribution is 0.341. The van der Waals surface area contributed by atoms with E-state index in [-0.39, 0.29) is 0 Å². The summed E-state index contributed by atoms with van der Waals surface area (Å²) in [6.07, 6.45) is 2.81. The van der Waals surface area contributed by atoms with Gasteiger partial charge in [0.1, 0.15) is 5.75 Å². The maximum absolute atomic E-state index is 5.65. The van der Waals surface area contributed by atoms with Gasteiger partial charge in [-0.3, -0.25) is 0 Å². The zero-order valence-electron chi connectivity index (χ0n) is 11.8. The number of hydrogen-bond acceptors (Lipinski definition) is 4. The van der Waals surface area contributed by atoms with Crippen molar-refractivity contribution in [3.05, 3.63) is 47.3 Å². The third kappa shape index (κ3) is 3.92. The Morgan fingerprint density at radius 1 is 1.40 bits per heavy atom. The molecule has 0 radical (unpaired) electrons. The van der Waals surface area contributed by atoms with E-state index in [1.54, 1.807) is 11.3 Å². The monoisotopic (exact) mass is 288 g/mol. The summed E-state index contributed by atoms with van der Waals surface area (Å²) in [5.41, 5.74) is 2.06. The van der Waals surface area contributed by atoms with Crippen LogP contribution >= 0.6 is 11.3 Å². The molecule has 0 fully saturated rings. The smallest absolute Gasteiger partial charge is 0.128 e. The summed E-state index contributed by atoms with van der Waals surface area (Å²) in [5.74, 6) is 0.900. The van der Waals surface area contributed by atoms with Crippen LogP contribution in [-0.2, 0) is 6.42 Å². The molecule has 0 spiro atoms. The van der Waals surface area contributed by atoms with E-state index in [1.165, 1.54) is 0 Å². The van der Waals surface area contributed by atoms with Gasteiger partial charge in [-0.2, -0.15) is 0 Å². The van der Waals surface area contributed by atoms with Crippen LogP contribution in [0.5, 0.6) is 5.75 Å². The fraction of sp³-hybridized carbons (Fsp3) is 0.312. The van der Waals surface area contributed by atoms with Crippen LogP contribution in [0, 0.1) is 0 Å². The molecule has 0 aliphatic heterocycles. The minimum absolute atomic E-state index is 0.666. The van der Waals surface area contributed by atoms with Crippen LogP contribution < -0.4 is 10.1 Å². The summed E-state index contributed by atoms with van der Waals surface area (Å²) >= 11 is 1.70. The first-order chi connectivity index (χ1) is 9.85. The van der Waals surface area contributed by atoms with Gasteiger partial charge in [-0.25, -0.2) is 4.98 Å². The second-order valence-electron chi connectivity index (χ2n) is 4.30. The molecule has 1 N–H and O–H groups in total. The molecule has 1 aromatic carbocycles. The minimum atomic E-state index is 0.666. The van der Waals surface area contributed by atoms with E-state index >= 15 is 0 Å². The first-order valence-electron chi connectivity index (χ1n) is 6.83. The van der Waals surface area contributed by atoms with Gasteiger partial charge in [0.15, 0.2) is 0 Å². The SMILES string of the molecule is C=CCNCCc1nc(-c2ccccc2OCC)cs1. The van der Waals surface area contributed by atoms with Crippen LogP contribution in [0.2, 0.25) is 0 Å². The van der Waals surface area contributed by atoms with E-state index in [2.05, 4.69) is 23.3 Å². The summed E-state index contributed by atoms with van der Waals surface area (Å²) in [5, 5.41) is 6.53. The number of benzene rings is 1. The van der Waals surface area contributed by atoms with Crippen molar-refractivity contribution in [3.63, 3.8) is 0 Å². The number of rotatable bonds is 8. The summed E-state index contributed by atoms with van der Waals surface area (Å²) in [7, 11) is 0. The number of aromatic nitrogens is 1. The maximum atomic E-state index is 5.65. The molecule has 0 aliphatic rings. The van der Waals surface area contributed by atoms with E-state index in [0.717, 1.165) is 41.5 Å². The largest absolute Gasteiger partial charge is 0.493 e. The lowest BCUT2D eigenvalue weighted by Crippen LogP contribution is -2.16. The molecule has 106 valence electrons. The summed E-state index contributed by atoms with van der Waals surface area (Å²) in [4.78, 5) is 4.69. The van der Waals surface area contributed by atoms with Gasteiger partial charge in [-0.1, -0.05) is 18.2 Å². The molecular weight excluding hydrogens is 268 g/mol. The fourth-order valence-electron chi connectivity index (χ4n) is 1.91. The molecule has 0 saturated heterocycles. The van der Waals surface area contributed by atoms with E-state index in [9.17, 15) is 0 Å². The van der Waals surface area contributed by atoms with Gasteiger partial charge in [0.25, 0.3) is 0 Å². The molecule has 0 bridgehead atoms. The Balaban J connectivity index is 2.06. The average molecular weight is 288 g/mol. The Kier molecular flexibility index (Phi) is 5.77. The Bertz CT molecular complexity index is 551. The second-order valence-corrected chi connectivity index (χ2v) is 5.24. The van der Waals surface area contributed by atoms with Gasteiger partial charge >= 0.3 is 0 Å². The third-order valence-electron chi connectivity index (χ3n) is 2.82. The highest BCUT2D eigenvalue weighted by molar-refractivity contribution is 7.09. The molecule has 0 amide bonds. The van der Waals surface area contributed by atoms with Crippen molar-refractivity contribution in [3.8, 4) is 17.0 Å². The van der Waals surface area contributed by atoms with Crippen LogP contribution in [-0.4, -0.2) is 24.7 Å². The predicted molar refractivity (Wildman–Crippen MR) is 85.5 cm³/mol. The van der Waals surface area contributed by atoms with Gasteiger partial charge in [0.2, 0.25) is 0 Å². The molecule has 3 nitrogen and oxygen atoms in total. The van der Waals surface area contributed by atoms with Crippen molar-refractivity contribution in [2.45, 2.75) is 13.3 Å². The molecule has 0 unspecified atom stereocenters. The number of thiazole rings is 1. The van der Waals surface area contributed by atoms with Gasteiger partial charge in [-0.15, -0.1) is 17.9 Å². The molecule has 2 rings (SSSR count). The van der Waals surface area contributed by atoms with E-state index in [4.69, 9.17) is 9.72 Å². The predicted octanol–water partition coefficient (Wildman–Crippen LogP) is 3.53. The van der Waals surface area contributed by atoms with Crippen LogP contribution in [0.3, 0.4) is 0 Å². The Morgan fingerprint density at radius 2 is 2.25 bits per heavy atom. The minimum Gasteiger partial charge on any atom is -0.493 e. The highest BCUT2D eigenvalue weighted by Crippen LogP contribution is 2.30. The van der Waals surface area contributed by atoms with Crippen molar-refractivity contribution >= 4 is 11.3 Å². The third-order valence-corrected chi connectivity index (χ3v) is 3.73. The first-order valence-corrected chi connectivity index (χ1v) is 7.71. The Hall–Kier alpha value is -1.65. The van der Waals surface area contributed by atoms with Crippen molar-refractivity contribution in [2.24, 2.45) is 0 Å². The fourth-order valence-corrected chi connectivity index (χ4v) is 2.71. The highest BCUT2D eigenvalue weighted by Gasteiger charge is 2.09. The quantitative estimate of drug-likeness (QED) is 0.596. The van der Waals surface area contributed by atoms with Gasteiger partial charge < -0.3 is 10.1 Å². The Morgan fingerprint density at radius 3 is 3.05 bits per heavy atom. The standard InChI is InChI=1S/C16H20N2OS/c1-3-10-17-11-9-16-18-14(12-20-16)13-7-5-6-8-15(13)19-4-2/h3,5-8,12,17H,1,4,9-11H2,2H3. The van der Waals surface area contributed by atoms with Gasteiger partial charge in [-0.05, 0) is 19.1 Å². The number of nitrogens with one attached hydrogen (secondary N) is 1. The average Bonchev–Trinajstić information content (AvgIpc) is 2.93. The van der Waals surface area contributed by atoms with Crippen LogP contribution in [0.1, 0.15) is 11.9 Å². The number of hydrogen-bond donors (Lipinski definition) is 1. The maximum Gasteiger partial charge on any atom is 0.128 e. The number of ether oxygens (including phenoxy) is 1. The molecule has 4 heteroatoms. The van der Waals surface area contributed by atoms with Crippen molar-refractivity contribution in [1.82, 2.24) is 10.3 Å². The van der Waals surface area contributed by atoms with Gasteiger partial charge in [0, 0.05) is 30.5 Å². The number of nitrogens with zero attached hydrogens (tertiary/aromatic N) is 1. The second kappa shape index (κ2) is 7.82. The molecular formula is C16H20N2OS. The van der Waals surface area contributed by atoms with Crippen LogP contribution in [0.4, 0.5) is 0 Å². The highest BCUT2D eigenvalue weighted by atomic mass is 32.1. The first kappa shape index (κ1) is 14.8. The molecule has 20 heavy (non-hydrogen) atoms. The zero-order valence-corrected chi connectivity index (χ0v) is 12.6. The number of para-hydroxylation sites is 1. The molecule has 2 aromatic rings. The van der Waals surface area contributed by atoms with Gasteiger partial charge in [0.05, 0.1) is 17.3 Å². The summed E-state index contributed by atoms with van der Waals surface area (Å²) < 4.78 is 5.65. The summed E-state index contributed by atoms with van der Waals surface area (Å²) in [6.45, 7) is 8.11.